The van der Waals surface area contributed by atoms with Gasteiger partial charge in [0.2, 0.25) is 0 Å². The van der Waals surface area contributed by atoms with Crippen molar-refractivity contribution in [1.82, 2.24) is 5.32 Å². The van der Waals surface area contributed by atoms with Crippen LogP contribution in [0.25, 0.3) is 0 Å². The molecule has 1 aromatic carbocycles. The Balaban J connectivity index is 1.93. The molecule has 15 heavy (non-hydrogen) atoms. The molecule has 0 amide bonds. The Bertz CT molecular complexity index is 357. The lowest BCUT2D eigenvalue weighted by Gasteiger charge is -2.15. The number of ether oxygens (including phenoxy) is 1. The van der Waals surface area contributed by atoms with Gasteiger partial charge in [0.25, 0.3) is 0 Å². The number of hydrogen-bond donors (Lipinski definition) is 1. The summed E-state index contributed by atoms with van der Waals surface area (Å²) in [4.78, 5) is 0. The van der Waals surface area contributed by atoms with Crippen molar-refractivity contribution in [2.24, 2.45) is 0 Å². The second-order valence-electron chi connectivity index (χ2n) is 3.87. The molecule has 0 unspecified atom stereocenters. The Kier molecular flexibility index (Phi) is 3.41. The highest BCUT2D eigenvalue weighted by Gasteiger charge is 2.04. The molecule has 0 fully saturated rings. The first-order chi connectivity index (χ1) is 7.36. The van der Waals surface area contributed by atoms with Crippen LogP contribution >= 0.6 is 0 Å². The molecule has 0 radical (unpaired) electrons. The highest BCUT2D eigenvalue weighted by atomic mass is 16.5. The van der Waals surface area contributed by atoms with E-state index < -0.39 is 0 Å². The third-order valence-corrected chi connectivity index (χ3v) is 2.66. The van der Waals surface area contributed by atoms with E-state index in [1.165, 1.54) is 11.1 Å². The third-order valence-electron chi connectivity index (χ3n) is 2.66. The minimum atomic E-state index is 0.729. The highest BCUT2D eigenvalue weighted by molar-refractivity contribution is 5.32. The molecule has 0 spiro atoms. The van der Waals surface area contributed by atoms with Crippen molar-refractivity contribution < 1.29 is 4.74 Å². The molecule has 2 heteroatoms. The molecule has 2 rings (SSSR count). The summed E-state index contributed by atoms with van der Waals surface area (Å²) in [6.07, 6.45) is 3.33. The Hall–Kier alpha value is -1.28. The quantitative estimate of drug-likeness (QED) is 0.761. The molecule has 0 saturated heterocycles. The molecule has 0 bridgehead atoms. The van der Waals surface area contributed by atoms with Gasteiger partial charge in [-0.3, -0.25) is 0 Å². The molecule has 2 nitrogen and oxygen atoms in total. The average molecular weight is 203 g/mol. The zero-order valence-corrected chi connectivity index (χ0v) is 9.12. The number of rotatable bonds is 3. The van der Waals surface area contributed by atoms with Crippen molar-refractivity contribution >= 4 is 0 Å². The molecule has 1 aliphatic heterocycles. The van der Waals surface area contributed by atoms with Gasteiger partial charge in [0.1, 0.15) is 12.4 Å². The van der Waals surface area contributed by atoms with Crippen molar-refractivity contribution in [3.63, 3.8) is 0 Å². The fourth-order valence-corrected chi connectivity index (χ4v) is 1.69. The van der Waals surface area contributed by atoms with Crippen molar-refractivity contribution in [1.29, 1.82) is 0 Å². The van der Waals surface area contributed by atoms with E-state index >= 15 is 0 Å². The Morgan fingerprint density at radius 3 is 2.93 bits per heavy atom. The molecule has 0 saturated carbocycles. The Morgan fingerprint density at radius 1 is 1.33 bits per heavy atom. The SMILES string of the molecule is Cc1ccccc1OCC1=CCNCC1. The topological polar surface area (TPSA) is 21.3 Å². The highest BCUT2D eigenvalue weighted by Crippen LogP contribution is 2.17. The lowest BCUT2D eigenvalue weighted by Crippen LogP contribution is -2.22. The Morgan fingerprint density at radius 2 is 2.20 bits per heavy atom. The molecule has 1 heterocycles. The number of hydrogen-bond acceptors (Lipinski definition) is 2. The van der Waals surface area contributed by atoms with Crippen LogP contribution in [0, 0.1) is 6.92 Å². The first-order valence-corrected chi connectivity index (χ1v) is 5.43. The zero-order valence-electron chi connectivity index (χ0n) is 9.12. The predicted molar refractivity (Wildman–Crippen MR) is 62.2 cm³/mol. The normalized spacial score (nSPS) is 15.9. The van der Waals surface area contributed by atoms with Gasteiger partial charge in [-0.05, 0) is 37.1 Å². The number of para-hydroxylation sites is 1. The summed E-state index contributed by atoms with van der Waals surface area (Å²) in [7, 11) is 0. The lowest BCUT2D eigenvalue weighted by atomic mass is 10.1. The summed E-state index contributed by atoms with van der Waals surface area (Å²) in [5, 5.41) is 3.29. The summed E-state index contributed by atoms with van der Waals surface area (Å²) in [5.74, 6) is 0.997. The van der Waals surface area contributed by atoms with Gasteiger partial charge in [-0.2, -0.15) is 0 Å². The van der Waals surface area contributed by atoms with E-state index in [0.29, 0.717) is 0 Å². The van der Waals surface area contributed by atoms with Gasteiger partial charge in [-0.15, -0.1) is 0 Å². The maximum atomic E-state index is 5.78. The van der Waals surface area contributed by atoms with Gasteiger partial charge in [-0.25, -0.2) is 0 Å². The summed E-state index contributed by atoms with van der Waals surface area (Å²) in [5.41, 5.74) is 2.60. The first-order valence-electron chi connectivity index (χ1n) is 5.43. The minimum Gasteiger partial charge on any atom is -0.489 e. The average Bonchev–Trinajstić information content (AvgIpc) is 2.29. The van der Waals surface area contributed by atoms with Crippen molar-refractivity contribution in [3.05, 3.63) is 41.5 Å². The molecule has 0 aromatic heterocycles. The van der Waals surface area contributed by atoms with Crippen LogP contribution in [0.4, 0.5) is 0 Å². The summed E-state index contributed by atoms with van der Waals surface area (Å²) < 4.78 is 5.78. The molecule has 1 aliphatic rings. The molecular formula is C13H17NO. The monoisotopic (exact) mass is 203 g/mol. The van der Waals surface area contributed by atoms with E-state index in [0.717, 1.165) is 31.9 Å². The second kappa shape index (κ2) is 4.99. The van der Waals surface area contributed by atoms with Crippen LogP contribution in [0.3, 0.4) is 0 Å². The van der Waals surface area contributed by atoms with Crippen LogP contribution in [-0.4, -0.2) is 19.7 Å². The van der Waals surface area contributed by atoms with Crippen LogP contribution in [0.1, 0.15) is 12.0 Å². The maximum absolute atomic E-state index is 5.78. The number of aryl methyl sites for hydroxylation is 1. The molecule has 80 valence electrons. The van der Waals surface area contributed by atoms with Gasteiger partial charge in [0.05, 0.1) is 0 Å². The number of nitrogens with one attached hydrogen (secondary N) is 1. The van der Waals surface area contributed by atoms with E-state index in [1.54, 1.807) is 0 Å². The van der Waals surface area contributed by atoms with E-state index in [1.807, 2.05) is 18.2 Å². The molecular weight excluding hydrogens is 186 g/mol. The van der Waals surface area contributed by atoms with Crippen molar-refractivity contribution in [2.75, 3.05) is 19.7 Å². The van der Waals surface area contributed by atoms with Crippen LogP contribution in [-0.2, 0) is 0 Å². The van der Waals surface area contributed by atoms with Crippen LogP contribution < -0.4 is 10.1 Å². The summed E-state index contributed by atoms with van der Waals surface area (Å²) in [6, 6.07) is 8.15. The molecule has 1 aromatic rings. The molecule has 0 atom stereocenters. The van der Waals surface area contributed by atoms with Gasteiger partial charge in [0, 0.05) is 6.54 Å². The second-order valence-corrected chi connectivity index (χ2v) is 3.87. The third kappa shape index (κ3) is 2.83. The van der Waals surface area contributed by atoms with Gasteiger partial charge < -0.3 is 10.1 Å². The van der Waals surface area contributed by atoms with Crippen molar-refractivity contribution in [2.45, 2.75) is 13.3 Å². The summed E-state index contributed by atoms with van der Waals surface area (Å²) in [6.45, 7) is 4.86. The van der Waals surface area contributed by atoms with Gasteiger partial charge >= 0.3 is 0 Å². The molecule has 0 aliphatic carbocycles. The number of benzene rings is 1. The molecule has 1 N–H and O–H groups in total. The van der Waals surface area contributed by atoms with Crippen LogP contribution in [0.15, 0.2) is 35.9 Å². The fraction of sp³-hybridized carbons (Fsp3) is 0.385. The smallest absolute Gasteiger partial charge is 0.122 e. The first kappa shape index (κ1) is 10.2. The standard InChI is InChI=1S/C13H17NO/c1-11-4-2-3-5-13(11)15-10-12-6-8-14-9-7-12/h2-6,14H,7-10H2,1H3. The van der Waals surface area contributed by atoms with E-state index in [2.05, 4.69) is 24.4 Å². The van der Waals surface area contributed by atoms with Crippen molar-refractivity contribution in [3.8, 4) is 5.75 Å². The van der Waals surface area contributed by atoms with Gasteiger partial charge in [0.15, 0.2) is 0 Å². The minimum absolute atomic E-state index is 0.729. The van der Waals surface area contributed by atoms with E-state index in [-0.39, 0.29) is 0 Å². The van der Waals surface area contributed by atoms with Gasteiger partial charge in [-0.1, -0.05) is 24.3 Å². The zero-order chi connectivity index (χ0) is 10.5. The predicted octanol–water partition coefficient (Wildman–Crippen LogP) is 2.29. The lowest BCUT2D eigenvalue weighted by molar-refractivity contribution is 0.342. The largest absolute Gasteiger partial charge is 0.489 e. The van der Waals surface area contributed by atoms with Crippen LogP contribution in [0.2, 0.25) is 0 Å². The summed E-state index contributed by atoms with van der Waals surface area (Å²) >= 11 is 0. The van der Waals surface area contributed by atoms with E-state index in [4.69, 9.17) is 4.74 Å². The maximum Gasteiger partial charge on any atom is 0.122 e. The van der Waals surface area contributed by atoms with E-state index in [9.17, 15) is 0 Å². The van der Waals surface area contributed by atoms with Crippen LogP contribution in [0.5, 0.6) is 5.75 Å². The Labute approximate surface area is 91.0 Å². The fourth-order valence-electron chi connectivity index (χ4n) is 1.69.